The molecule has 0 aliphatic carbocycles. The third-order valence-corrected chi connectivity index (χ3v) is 0.451. The van der Waals surface area contributed by atoms with Gasteiger partial charge in [0, 0.05) is 0 Å². The SMILES string of the molecule is C=C(F)C(=N)OC. The minimum atomic E-state index is -0.845. The topological polar surface area (TPSA) is 33.1 Å². The highest BCUT2D eigenvalue weighted by molar-refractivity contribution is 5.87. The van der Waals surface area contributed by atoms with Gasteiger partial charge in [-0.3, -0.25) is 5.41 Å². The minimum absolute atomic E-state index is 0.514. The van der Waals surface area contributed by atoms with E-state index in [-0.39, 0.29) is 0 Å². The molecule has 0 aromatic heterocycles. The Morgan fingerprint density at radius 2 is 2.29 bits per heavy atom. The summed E-state index contributed by atoms with van der Waals surface area (Å²) < 4.78 is 15.7. The molecule has 0 saturated heterocycles. The van der Waals surface area contributed by atoms with Crippen molar-refractivity contribution in [2.24, 2.45) is 0 Å². The van der Waals surface area contributed by atoms with Gasteiger partial charge in [-0.2, -0.15) is 0 Å². The smallest absolute Gasteiger partial charge is 0.241 e. The van der Waals surface area contributed by atoms with Crippen molar-refractivity contribution in [1.29, 1.82) is 5.41 Å². The zero-order chi connectivity index (χ0) is 5.86. The van der Waals surface area contributed by atoms with Crippen LogP contribution in [0.25, 0.3) is 0 Å². The third kappa shape index (κ3) is 1.92. The first-order chi connectivity index (χ1) is 3.18. The highest BCUT2D eigenvalue weighted by atomic mass is 19.1. The Bertz CT molecular complexity index is 99.9. The van der Waals surface area contributed by atoms with E-state index in [1.54, 1.807) is 0 Å². The normalized spacial score (nSPS) is 7.71. The van der Waals surface area contributed by atoms with Gasteiger partial charge in [-0.15, -0.1) is 0 Å². The van der Waals surface area contributed by atoms with Gasteiger partial charge in [0.2, 0.25) is 5.90 Å². The predicted octanol–water partition coefficient (Wildman–Crippen LogP) is 1.09. The molecule has 1 N–H and O–H groups in total. The largest absolute Gasteiger partial charge is 0.479 e. The van der Waals surface area contributed by atoms with Crippen molar-refractivity contribution in [1.82, 2.24) is 0 Å². The lowest BCUT2D eigenvalue weighted by molar-refractivity contribution is 0.387. The van der Waals surface area contributed by atoms with E-state index in [1.807, 2.05) is 0 Å². The van der Waals surface area contributed by atoms with Crippen LogP contribution in [0.3, 0.4) is 0 Å². The fourth-order valence-corrected chi connectivity index (χ4v) is 0.111. The number of hydrogen-bond donors (Lipinski definition) is 1. The summed E-state index contributed by atoms with van der Waals surface area (Å²) in [5, 5.41) is 6.50. The van der Waals surface area contributed by atoms with Crippen molar-refractivity contribution in [3.05, 3.63) is 12.4 Å². The summed E-state index contributed by atoms with van der Waals surface area (Å²) in [6.07, 6.45) is 0. The molecule has 0 amide bonds. The number of nitrogens with one attached hydrogen (secondary N) is 1. The molecule has 0 atom stereocenters. The van der Waals surface area contributed by atoms with Crippen LogP contribution in [-0.2, 0) is 4.74 Å². The van der Waals surface area contributed by atoms with E-state index in [0.29, 0.717) is 0 Å². The molecule has 0 aliphatic rings. The van der Waals surface area contributed by atoms with Crippen LogP contribution < -0.4 is 0 Å². The van der Waals surface area contributed by atoms with Gasteiger partial charge in [-0.1, -0.05) is 6.58 Å². The van der Waals surface area contributed by atoms with Gasteiger partial charge in [0.15, 0.2) is 5.83 Å². The number of rotatable bonds is 1. The van der Waals surface area contributed by atoms with E-state index in [9.17, 15) is 4.39 Å². The van der Waals surface area contributed by atoms with Crippen molar-refractivity contribution in [2.75, 3.05) is 7.11 Å². The first-order valence-corrected chi connectivity index (χ1v) is 1.65. The Balaban J connectivity index is 3.58. The van der Waals surface area contributed by atoms with Gasteiger partial charge in [-0.25, -0.2) is 4.39 Å². The number of methoxy groups -OCH3 is 1. The molecule has 2 nitrogen and oxygen atoms in total. The Morgan fingerprint density at radius 3 is 2.29 bits per heavy atom. The molecule has 40 valence electrons. The number of hydrogen-bond acceptors (Lipinski definition) is 2. The molecule has 0 heterocycles. The molecule has 0 saturated carbocycles. The van der Waals surface area contributed by atoms with Crippen LogP contribution in [0.4, 0.5) is 4.39 Å². The Morgan fingerprint density at radius 1 is 1.86 bits per heavy atom. The van der Waals surface area contributed by atoms with Gasteiger partial charge < -0.3 is 4.74 Å². The summed E-state index contributed by atoms with van der Waals surface area (Å²) in [6.45, 7) is 2.81. The fraction of sp³-hybridized carbons (Fsp3) is 0.250. The van der Waals surface area contributed by atoms with E-state index in [2.05, 4.69) is 11.3 Å². The lowest BCUT2D eigenvalue weighted by Crippen LogP contribution is -1.96. The molecular formula is C4H6FNO. The van der Waals surface area contributed by atoms with Gasteiger partial charge in [0.25, 0.3) is 0 Å². The van der Waals surface area contributed by atoms with Gasteiger partial charge in [-0.05, 0) is 0 Å². The van der Waals surface area contributed by atoms with Crippen LogP contribution in [0.2, 0.25) is 0 Å². The molecule has 0 radical (unpaired) electrons. The van der Waals surface area contributed by atoms with Crippen LogP contribution in [0.15, 0.2) is 12.4 Å². The zero-order valence-corrected chi connectivity index (χ0v) is 3.99. The first kappa shape index (κ1) is 6.14. The Hall–Kier alpha value is -0.860. The van der Waals surface area contributed by atoms with Gasteiger partial charge >= 0.3 is 0 Å². The maximum atomic E-state index is 11.6. The maximum Gasteiger partial charge on any atom is 0.241 e. The average Bonchev–Trinajstić information content (AvgIpc) is 1.65. The predicted molar refractivity (Wildman–Crippen MR) is 25.0 cm³/mol. The van der Waals surface area contributed by atoms with Crippen LogP contribution in [0, 0.1) is 5.41 Å². The fourth-order valence-electron chi connectivity index (χ4n) is 0.111. The van der Waals surface area contributed by atoms with Crippen molar-refractivity contribution < 1.29 is 9.13 Å². The van der Waals surface area contributed by atoms with Crippen molar-refractivity contribution in [3.63, 3.8) is 0 Å². The lowest BCUT2D eigenvalue weighted by atomic mass is 10.6. The maximum absolute atomic E-state index is 11.6. The molecule has 0 unspecified atom stereocenters. The summed E-state index contributed by atoms with van der Waals surface area (Å²) in [5.74, 6) is -1.36. The van der Waals surface area contributed by atoms with E-state index in [4.69, 9.17) is 5.41 Å². The number of halogens is 1. The molecule has 0 rings (SSSR count). The van der Waals surface area contributed by atoms with Crippen molar-refractivity contribution in [2.45, 2.75) is 0 Å². The molecule has 0 bridgehead atoms. The molecule has 0 aliphatic heterocycles. The zero-order valence-electron chi connectivity index (χ0n) is 3.99. The minimum Gasteiger partial charge on any atom is -0.479 e. The molecule has 0 spiro atoms. The van der Waals surface area contributed by atoms with Gasteiger partial charge in [0.05, 0.1) is 7.11 Å². The van der Waals surface area contributed by atoms with E-state index < -0.39 is 11.7 Å². The summed E-state index contributed by atoms with van der Waals surface area (Å²) in [4.78, 5) is 0. The highest BCUT2D eigenvalue weighted by Crippen LogP contribution is 1.91. The second-order valence-corrected chi connectivity index (χ2v) is 0.938. The average molecular weight is 103 g/mol. The van der Waals surface area contributed by atoms with Crippen LogP contribution in [-0.4, -0.2) is 13.0 Å². The summed E-state index contributed by atoms with van der Waals surface area (Å²) >= 11 is 0. The van der Waals surface area contributed by atoms with Gasteiger partial charge in [0.1, 0.15) is 0 Å². The van der Waals surface area contributed by atoms with Crippen LogP contribution in [0.5, 0.6) is 0 Å². The summed E-state index contributed by atoms with van der Waals surface area (Å²) in [5.41, 5.74) is 0. The van der Waals surface area contributed by atoms with Crippen LogP contribution in [0.1, 0.15) is 0 Å². The summed E-state index contributed by atoms with van der Waals surface area (Å²) in [7, 11) is 1.22. The second kappa shape index (κ2) is 2.34. The van der Waals surface area contributed by atoms with Crippen LogP contribution >= 0.6 is 0 Å². The highest BCUT2D eigenvalue weighted by Gasteiger charge is 1.95. The Kier molecular flexibility index (Phi) is 2.05. The molecule has 3 heteroatoms. The molecule has 7 heavy (non-hydrogen) atoms. The second-order valence-electron chi connectivity index (χ2n) is 0.938. The van der Waals surface area contributed by atoms with E-state index in [0.717, 1.165) is 0 Å². The van der Waals surface area contributed by atoms with Crippen molar-refractivity contribution in [3.8, 4) is 0 Å². The lowest BCUT2D eigenvalue weighted by Gasteiger charge is -1.92. The molecule has 0 fully saturated rings. The first-order valence-electron chi connectivity index (χ1n) is 1.65. The quantitative estimate of drug-likeness (QED) is 0.391. The molecular weight excluding hydrogens is 97.0 g/mol. The standard InChI is InChI=1S/C4H6FNO/c1-3(5)4(6)7-2/h6H,1H2,2H3. The monoisotopic (exact) mass is 103 g/mol. The number of ether oxygens (including phenoxy) is 1. The van der Waals surface area contributed by atoms with E-state index in [1.165, 1.54) is 7.11 Å². The molecule has 0 aromatic rings. The molecule has 0 aromatic carbocycles. The summed E-state index contributed by atoms with van der Waals surface area (Å²) in [6, 6.07) is 0. The Labute approximate surface area is 41.1 Å². The third-order valence-electron chi connectivity index (χ3n) is 0.451. The van der Waals surface area contributed by atoms with Crippen molar-refractivity contribution >= 4 is 5.90 Å². The van der Waals surface area contributed by atoms with E-state index >= 15 is 0 Å².